The summed E-state index contributed by atoms with van der Waals surface area (Å²) in [6, 6.07) is 0. The van der Waals surface area contributed by atoms with Crippen LogP contribution >= 0.6 is 0 Å². The van der Waals surface area contributed by atoms with Gasteiger partial charge in [0.1, 0.15) is 5.60 Å². The van der Waals surface area contributed by atoms with Gasteiger partial charge in [0.05, 0.1) is 6.61 Å². The number of hydrogen-bond acceptors (Lipinski definition) is 2. The van der Waals surface area contributed by atoms with Gasteiger partial charge in [-0.1, -0.05) is 13.8 Å². The fraction of sp³-hybridized carbons (Fsp3) is 0.900. The molecule has 3 fully saturated rings. The summed E-state index contributed by atoms with van der Waals surface area (Å²) in [7, 11) is 0. The average Bonchev–Trinajstić information content (AvgIpc) is 2.83. The zero-order valence-electron chi connectivity index (χ0n) is 7.59. The van der Waals surface area contributed by atoms with Gasteiger partial charge in [-0.3, -0.25) is 4.79 Å². The molecule has 2 nitrogen and oxygen atoms in total. The molecule has 0 bridgehead atoms. The topological polar surface area (TPSA) is 29.6 Å². The number of epoxide rings is 1. The Labute approximate surface area is 72.3 Å². The summed E-state index contributed by atoms with van der Waals surface area (Å²) in [5.74, 6) is 1.40. The maximum Gasteiger partial charge on any atom is 0.170 e. The van der Waals surface area contributed by atoms with Crippen LogP contribution in [0.4, 0.5) is 0 Å². The van der Waals surface area contributed by atoms with Gasteiger partial charge in [0.15, 0.2) is 5.78 Å². The van der Waals surface area contributed by atoms with Crippen LogP contribution in [-0.4, -0.2) is 18.0 Å². The Balaban J connectivity index is 1.92. The second-order valence-corrected chi connectivity index (χ2v) is 5.09. The van der Waals surface area contributed by atoms with Crippen molar-refractivity contribution in [1.82, 2.24) is 0 Å². The third kappa shape index (κ3) is 0.598. The SMILES string of the molecule is CC1(C)C2CCC3(CO3)C(=O)C21. The predicted octanol–water partition coefficient (Wildman–Crippen LogP) is 1.39. The van der Waals surface area contributed by atoms with Gasteiger partial charge in [-0.25, -0.2) is 0 Å². The number of ether oxygens (including phenoxy) is 1. The van der Waals surface area contributed by atoms with Crippen molar-refractivity contribution in [3.05, 3.63) is 0 Å². The standard InChI is InChI=1S/C10H14O2/c1-9(2)6-3-4-10(5-12-10)8(11)7(6)9/h6-7H,3-5H2,1-2H3. The van der Waals surface area contributed by atoms with E-state index < -0.39 is 0 Å². The molecule has 1 aliphatic heterocycles. The quantitative estimate of drug-likeness (QED) is 0.509. The Morgan fingerprint density at radius 1 is 1.50 bits per heavy atom. The monoisotopic (exact) mass is 166 g/mol. The number of rotatable bonds is 0. The van der Waals surface area contributed by atoms with E-state index in [1.165, 1.54) is 6.42 Å². The van der Waals surface area contributed by atoms with Crippen LogP contribution in [-0.2, 0) is 9.53 Å². The van der Waals surface area contributed by atoms with Crippen LogP contribution in [0, 0.1) is 17.3 Å². The zero-order chi connectivity index (χ0) is 8.56. The number of Topliss-reactive ketones (excluding diaryl/α,β-unsaturated/α-hetero) is 1. The molecular weight excluding hydrogens is 152 g/mol. The van der Waals surface area contributed by atoms with E-state index in [1.807, 2.05) is 0 Å². The van der Waals surface area contributed by atoms with Gasteiger partial charge in [0.2, 0.25) is 0 Å². The lowest BCUT2D eigenvalue weighted by atomic mass is 9.88. The van der Waals surface area contributed by atoms with E-state index in [0.29, 0.717) is 24.2 Å². The van der Waals surface area contributed by atoms with Crippen LogP contribution in [0.5, 0.6) is 0 Å². The Bertz CT molecular complexity index is 263. The number of ketones is 1. The fourth-order valence-electron chi connectivity index (χ4n) is 2.97. The molecule has 1 spiro atoms. The third-order valence-corrected chi connectivity index (χ3v) is 4.13. The van der Waals surface area contributed by atoms with E-state index in [9.17, 15) is 4.79 Å². The molecule has 12 heavy (non-hydrogen) atoms. The summed E-state index contributed by atoms with van der Waals surface area (Å²) in [6.07, 6.45) is 2.18. The van der Waals surface area contributed by atoms with Crippen molar-refractivity contribution in [3.8, 4) is 0 Å². The zero-order valence-corrected chi connectivity index (χ0v) is 7.59. The number of carbonyl (C=O) groups excluding carboxylic acids is 1. The van der Waals surface area contributed by atoms with Crippen LogP contribution in [0.3, 0.4) is 0 Å². The van der Waals surface area contributed by atoms with E-state index in [1.54, 1.807) is 0 Å². The van der Waals surface area contributed by atoms with Crippen molar-refractivity contribution >= 4 is 5.78 Å². The predicted molar refractivity (Wildman–Crippen MR) is 43.7 cm³/mol. The van der Waals surface area contributed by atoms with Gasteiger partial charge < -0.3 is 4.74 Å². The number of hydrogen-bond donors (Lipinski definition) is 0. The Morgan fingerprint density at radius 2 is 2.17 bits per heavy atom. The van der Waals surface area contributed by atoms with Crippen molar-refractivity contribution in [3.63, 3.8) is 0 Å². The molecule has 1 heterocycles. The first-order chi connectivity index (χ1) is 5.58. The molecule has 0 aromatic rings. The molecule has 2 saturated carbocycles. The number of fused-ring (bicyclic) bond motifs is 1. The first-order valence-corrected chi connectivity index (χ1v) is 4.76. The van der Waals surface area contributed by atoms with Gasteiger partial charge in [0.25, 0.3) is 0 Å². The summed E-state index contributed by atoms with van der Waals surface area (Å²) in [5, 5.41) is 0. The minimum Gasteiger partial charge on any atom is -0.361 e. The van der Waals surface area contributed by atoms with E-state index in [2.05, 4.69) is 13.8 Å². The lowest BCUT2D eigenvalue weighted by molar-refractivity contribution is -0.127. The lowest BCUT2D eigenvalue weighted by Gasteiger charge is -2.14. The second-order valence-electron chi connectivity index (χ2n) is 5.09. The first-order valence-electron chi connectivity index (χ1n) is 4.76. The minimum atomic E-state index is -0.283. The molecule has 0 radical (unpaired) electrons. The van der Waals surface area contributed by atoms with Crippen molar-refractivity contribution in [2.75, 3.05) is 6.61 Å². The maximum atomic E-state index is 11.8. The van der Waals surface area contributed by atoms with Gasteiger partial charge in [-0.2, -0.15) is 0 Å². The highest BCUT2D eigenvalue weighted by Gasteiger charge is 2.71. The van der Waals surface area contributed by atoms with Gasteiger partial charge in [-0.05, 0) is 24.2 Å². The summed E-state index contributed by atoms with van der Waals surface area (Å²) < 4.78 is 5.29. The van der Waals surface area contributed by atoms with E-state index in [0.717, 1.165) is 6.42 Å². The van der Waals surface area contributed by atoms with E-state index in [-0.39, 0.29) is 11.0 Å². The van der Waals surface area contributed by atoms with Crippen molar-refractivity contribution in [2.24, 2.45) is 17.3 Å². The number of carbonyl (C=O) groups is 1. The van der Waals surface area contributed by atoms with Gasteiger partial charge in [-0.15, -0.1) is 0 Å². The smallest absolute Gasteiger partial charge is 0.170 e. The molecule has 2 heteroatoms. The Kier molecular flexibility index (Phi) is 0.958. The molecule has 3 rings (SSSR count). The minimum absolute atomic E-state index is 0.283. The van der Waals surface area contributed by atoms with Crippen molar-refractivity contribution in [1.29, 1.82) is 0 Å². The van der Waals surface area contributed by atoms with Gasteiger partial charge in [0, 0.05) is 5.92 Å². The molecule has 0 aromatic heterocycles. The maximum absolute atomic E-state index is 11.8. The summed E-state index contributed by atoms with van der Waals surface area (Å²) in [4.78, 5) is 11.8. The molecule has 3 aliphatic rings. The summed E-state index contributed by atoms with van der Waals surface area (Å²) in [5.41, 5.74) is 0.00146. The van der Waals surface area contributed by atoms with E-state index in [4.69, 9.17) is 4.74 Å². The molecule has 3 unspecified atom stereocenters. The molecular formula is C10H14O2. The second kappa shape index (κ2) is 1.63. The summed E-state index contributed by atoms with van der Waals surface area (Å²) in [6.45, 7) is 5.12. The fourth-order valence-corrected chi connectivity index (χ4v) is 2.97. The van der Waals surface area contributed by atoms with Crippen molar-refractivity contribution in [2.45, 2.75) is 32.3 Å². The van der Waals surface area contributed by atoms with E-state index >= 15 is 0 Å². The third-order valence-electron chi connectivity index (χ3n) is 4.13. The lowest BCUT2D eigenvalue weighted by Crippen LogP contribution is -2.30. The highest BCUT2D eigenvalue weighted by atomic mass is 16.6. The molecule has 0 N–H and O–H groups in total. The van der Waals surface area contributed by atoms with Crippen LogP contribution < -0.4 is 0 Å². The molecule has 66 valence electrons. The van der Waals surface area contributed by atoms with Crippen LogP contribution in [0.2, 0.25) is 0 Å². The average molecular weight is 166 g/mol. The normalized spacial score (nSPS) is 53.7. The largest absolute Gasteiger partial charge is 0.361 e. The molecule has 0 amide bonds. The molecule has 0 aromatic carbocycles. The van der Waals surface area contributed by atoms with Crippen LogP contribution in [0.25, 0.3) is 0 Å². The molecule has 2 aliphatic carbocycles. The molecule has 3 atom stereocenters. The van der Waals surface area contributed by atoms with Crippen molar-refractivity contribution < 1.29 is 9.53 Å². The Morgan fingerprint density at radius 3 is 2.75 bits per heavy atom. The van der Waals surface area contributed by atoms with Crippen LogP contribution in [0.1, 0.15) is 26.7 Å². The summed E-state index contributed by atoms with van der Waals surface area (Å²) >= 11 is 0. The first kappa shape index (κ1) is 7.07. The Hall–Kier alpha value is -0.370. The molecule has 1 saturated heterocycles. The highest BCUT2D eigenvalue weighted by molar-refractivity contribution is 5.95. The van der Waals surface area contributed by atoms with Gasteiger partial charge >= 0.3 is 0 Å². The highest BCUT2D eigenvalue weighted by Crippen LogP contribution is 2.66. The van der Waals surface area contributed by atoms with Crippen LogP contribution in [0.15, 0.2) is 0 Å².